The molecule has 1 saturated heterocycles. The molecule has 80 valence electrons. The summed E-state index contributed by atoms with van der Waals surface area (Å²) >= 11 is 1.63. The maximum absolute atomic E-state index is 10.7. The van der Waals surface area contributed by atoms with Crippen molar-refractivity contribution >= 4 is 11.8 Å². The molecule has 0 amide bonds. The lowest BCUT2D eigenvalue weighted by Gasteiger charge is -2.29. The molecule has 0 N–H and O–H groups in total. The minimum Gasteiger partial charge on any atom is -0.497 e. The van der Waals surface area contributed by atoms with Gasteiger partial charge >= 0.3 is 0 Å². The second kappa shape index (κ2) is 4.10. The number of nitro groups is 1. The molecular formula is C10H11NO3S. The van der Waals surface area contributed by atoms with Crippen molar-refractivity contribution in [2.45, 2.75) is 11.3 Å². The molecule has 1 aromatic carbocycles. The van der Waals surface area contributed by atoms with Crippen LogP contribution in [0.4, 0.5) is 0 Å². The van der Waals surface area contributed by atoms with Crippen LogP contribution in [-0.2, 0) is 0 Å². The van der Waals surface area contributed by atoms with E-state index in [9.17, 15) is 10.1 Å². The first kappa shape index (κ1) is 10.3. The van der Waals surface area contributed by atoms with Crippen LogP contribution in [0.3, 0.4) is 0 Å². The van der Waals surface area contributed by atoms with Crippen LogP contribution in [0.15, 0.2) is 24.3 Å². The lowest BCUT2D eigenvalue weighted by Crippen LogP contribution is -2.36. The summed E-state index contributed by atoms with van der Waals surface area (Å²) in [7, 11) is 1.60. The number of hydrogen-bond donors (Lipinski definition) is 0. The highest BCUT2D eigenvalue weighted by Gasteiger charge is 2.42. The molecule has 1 fully saturated rings. The normalized spacial score (nSPS) is 24.3. The molecule has 1 aromatic rings. The van der Waals surface area contributed by atoms with Crippen LogP contribution in [0.25, 0.3) is 0 Å². The molecule has 2 rings (SSSR count). The fourth-order valence-electron chi connectivity index (χ4n) is 1.56. The average molecular weight is 225 g/mol. The van der Waals surface area contributed by atoms with Crippen molar-refractivity contribution in [3.8, 4) is 5.75 Å². The molecule has 2 atom stereocenters. The number of rotatable bonds is 3. The summed E-state index contributed by atoms with van der Waals surface area (Å²) in [4.78, 5) is 10.5. The number of hydrogen-bond acceptors (Lipinski definition) is 4. The Morgan fingerprint density at radius 2 is 2.13 bits per heavy atom. The van der Waals surface area contributed by atoms with Crippen molar-refractivity contribution in [1.82, 2.24) is 0 Å². The van der Waals surface area contributed by atoms with Crippen molar-refractivity contribution in [2.75, 3.05) is 12.9 Å². The fourth-order valence-corrected chi connectivity index (χ4v) is 2.69. The van der Waals surface area contributed by atoms with Gasteiger partial charge in [0.2, 0.25) is 6.04 Å². The average Bonchev–Trinajstić information content (AvgIpc) is 2.16. The van der Waals surface area contributed by atoms with Gasteiger partial charge in [0.25, 0.3) is 0 Å². The van der Waals surface area contributed by atoms with Gasteiger partial charge in [-0.1, -0.05) is 12.1 Å². The Morgan fingerprint density at radius 1 is 1.47 bits per heavy atom. The van der Waals surface area contributed by atoms with Gasteiger partial charge in [-0.05, 0) is 17.7 Å². The summed E-state index contributed by atoms with van der Waals surface area (Å²) in [5.74, 6) is 1.39. The van der Waals surface area contributed by atoms with Gasteiger partial charge in [-0.25, -0.2) is 0 Å². The van der Waals surface area contributed by atoms with E-state index >= 15 is 0 Å². The van der Waals surface area contributed by atoms with Crippen molar-refractivity contribution in [3.05, 3.63) is 39.9 Å². The number of ether oxygens (including phenoxy) is 1. The predicted molar refractivity (Wildman–Crippen MR) is 59.0 cm³/mol. The first-order valence-corrected chi connectivity index (χ1v) is 5.66. The van der Waals surface area contributed by atoms with Crippen molar-refractivity contribution in [2.24, 2.45) is 0 Å². The summed E-state index contributed by atoms with van der Waals surface area (Å²) in [5, 5.41) is 10.7. The molecule has 15 heavy (non-hydrogen) atoms. The van der Waals surface area contributed by atoms with Crippen LogP contribution < -0.4 is 4.74 Å². The van der Waals surface area contributed by atoms with Crippen LogP contribution in [0, 0.1) is 10.1 Å². The Labute approximate surface area is 91.8 Å². The van der Waals surface area contributed by atoms with Crippen LogP contribution in [-0.4, -0.2) is 23.8 Å². The van der Waals surface area contributed by atoms with Crippen LogP contribution in [0.1, 0.15) is 10.8 Å². The maximum atomic E-state index is 10.7. The van der Waals surface area contributed by atoms with E-state index in [0.29, 0.717) is 5.75 Å². The summed E-state index contributed by atoms with van der Waals surface area (Å²) in [6, 6.07) is 7.04. The van der Waals surface area contributed by atoms with Gasteiger partial charge in [-0.15, -0.1) is 11.8 Å². The number of benzene rings is 1. The first-order chi connectivity index (χ1) is 7.22. The number of methoxy groups -OCH3 is 1. The van der Waals surface area contributed by atoms with E-state index in [1.807, 2.05) is 24.3 Å². The van der Waals surface area contributed by atoms with Gasteiger partial charge in [0.1, 0.15) is 5.75 Å². The van der Waals surface area contributed by atoms with E-state index in [1.54, 1.807) is 18.9 Å². The van der Waals surface area contributed by atoms with Gasteiger partial charge in [0, 0.05) is 4.92 Å². The topological polar surface area (TPSA) is 52.4 Å². The molecule has 0 radical (unpaired) electrons. The third-order valence-electron chi connectivity index (χ3n) is 2.51. The second-order valence-corrected chi connectivity index (χ2v) is 4.55. The summed E-state index contributed by atoms with van der Waals surface area (Å²) in [6.45, 7) is 0. The molecule has 0 bridgehead atoms. The Hall–Kier alpha value is -1.23. The standard InChI is InChI=1S/C10H11NO3S/c1-14-8-4-2-7(3-5-8)10-9(6-15-10)11(12)13/h2-5,9-10H,6H2,1H3/t9-,10+/m0/s1. The van der Waals surface area contributed by atoms with Gasteiger partial charge in [-0.2, -0.15) is 0 Å². The van der Waals surface area contributed by atoms with Crippen molar-refractivity contribution in [1.29, 1.82) is 0 Å². The Morgan fingerprint density at radius 3 is 2.53 bits per heavy atom. The molecule has 0 aromatic heterocycles. The zero-order chi connectivity index (χ0) is 10.8. The molecule has 0 saturated carbocycles. The van der Waals surface area contributed by atoms with E-state index in [2.05, 4.69) is 0 Å². The lowest BCUT2D eigenvalue weighted by molar-refractivity contribution is -0.520. The Kier molecular flexibility index (Phi) is 2.81. The smallest absolute Gasteiger partial charge is 0.237 e. The molecule has 0 spiro atoms. The summed E-state index contributed by atoms with van der Waals surface area (Å²) in [5.41, 5.74) is 1.01. The van der Waals surface area contributed by atoms with Crippen molar-refractivity contribution in [3.63, 3.8) is 0 Å². The van der Waals surface area contributed by atoms with Crippen molar-refractivity contribution < 1.29 is 9.66 Å². The molecular weight excluding hydrogens is 214 g/mol. The van der Waals surface area contributed by atoms with E-state index in [1.165, 1.54) is 0 Å². The van der Waals surface area contributed by atoms with Gasteiger partial charge in [-0.3, -0.25) is 10.1 Å². The summed E-state index contributed by atoms with van der Waals surface area (Å²) in [6.07, 6.45) is 0. The molecule has 0 aliphatic carbocycles. The molecule has 1 heterocycles. The Balaban J connectivity index is 2.13. The molecule has 5 heteroatoms. The largest absolute Gasteiger partial charge is 0.497 e. The highest BCUT2D eigenvalue weighted by molar-refractivity contribution is 8.01. The third-order valence-corrected chi connectivity index (χ3v) is 3.99. The van der Waals surface area contributed by atoms with Gasteiger partial charge in [0.05, 0.1) is 18.1 Å². The van der Waals surface area contributed by atoms with Gasteiger partial charge < -0.3 is 4.74 Å². The predicted octanol–water partition coefficient (Wildman–Crippen LogP) is 2.13. The number of thioether (sulfide) groups is 1. The first-order valence-electron chi connectivity index (χ1n) is 4.61. The zero-order valence-electron chi connectivity index (χ0n) is 8.25. The summed E-state index contributed by atoms with van der Waals surface area (Å²) < 4.78 is 5.03. The van der Waals surface area contributed by atoms with Crippen LogP contribution >= 0.6 is 11.8 Å². The van der Waals surface area contributed by atoms with Crippen LogP contribution in [0.5, 0.6) is 5.75 Å². The zero-order valence-corrected chi connectivity index (χ0v) is 9.07. The lowest BCUT2D eigenvalue weighted by atomic mass is 10.1. The Bertz CT molecular complexity index is 365. The maximum Gasteiger partial charge on any atom is 0.237 e. The number of nitrogens with zero attached hydrogens (tertiary/aromatic N) is 1. The monoisotopic (exact) mass is 225 g/mol. The third kappa shape index (κ3) is 1.92. The second-order valence-electron chi connectivity index (χ2n) is 3.38. The van der Waals surface area contributed by atoms with Gasteiger partial charge in [0.15, 0.2) is 0 Å². The van der Waals surface area contributed by atoms with E-state index in [-0.39, 0.29) is 10.2 Å². The molecule has 4 nitrogen and oxygen atoms in total. The highest BCUT2D eigenvalue weighted by Crippen LogP contribution is 2.44. The quantitative estimate of drug-likeness (QED) is 0.584. The van der Waals surface area contributed by atoms with Crippen LogP contribution in [0.2, 0.25) is 0 Å². The van der Waals surface area contributed by atoms with E-state index in [0.717, 1.165) is 11.3 Å². The minimum absolute atomic E-state index is 0.00547. The van der Waals surface area contributed by atoms with E-state index < -0.39 is 6.04 Å². The molecule has 1 aliphatic rings. The minimum atomic E-state index is -0.427. The fraction of sp³-hybridized carbons (Fsp3) is 0.400. The highest BCUT2D eigenvalue weighted by atomic mass is 32.2. The van der Waals surface area contributed by atoms with E-state index in [4.69, 9.17) is 4.74 Å². The SMILES string of the molecule is COc1ccc([C@H]2SC[C@@H]2[N+](=O)[O-])cc1. The molecule has 0 unspecified atom stereocenters. The molecule has 1 aliphatic heterocycles.